The molecule has 0 saturated heterocycles. The van der Waals surface area contributed by atoms with Crippen molar-refractivity contribution in [3.05, 3.63) is 82.9 Å². The van der Waals surface area contributed by atoms with E-state index in [-0.39, 0.29) is 28.5 Å². The summed E-state index contributed by atoms with van der Waals surface area (Å²) >= 11 is 0. The molecule has 0 aliphatic heterocycles. The lowest BCUT2D eigenvalue weighted by atomic mass is 9.99. The summed E-state index contributed by atoms with van der Waals surface area (Å²) in [7, 11) is 0. The molecule has 1 aliphatic rings. The van der Waals surface area contributed by atoms with E-state index in [0.717, 1.165) is 31.4 Å². The highest BCUT2D eigenvalue weighted by Crippen LogP contribution is 2.34. The molecule has 1 amide bonds. The number of para-hydroxylation sites is 1. The second kappa shape index (κ2) is 11.0. The van der Waals surface area contributed by atoms with Crippen LogP contribution in [0.4, 0.5) is 0 Å². The average molecular weight is 506 g/mol. The van der Waals surface area contributed by atoms with Crippen molar-refractivity contribution in [2.45, 2.75) is 44.2 Å². The second-order valence-electron chi connectivity index (χ2n) is 8.94. The topological polar surface area (TPSA) is 153 Å². The highest BCUT2D eigenvalue weighted by atomic mass is 16.5. The van der Waals surface area contributed by atoms with E-state index in [1.54, 1.807) is 0 Å². The van der Waals surface area contributed by atoms with Crippen molar-refractivity contribution in [3.63, 3.8) is 0 Å². The third kappa shape index (κ3) is 5.83. The minimum Gasteiger partial charge on any atom is -0.508 e. The number of hydrogen-bond acceptors (Lipinski definition) is 8. The van der Waals surface area contributed by atoms with Gasteiger partial charge in [0, 0.05) is 5.56 Å². The van der Waals surface area contributed by atoms with Gasteiger partial charge in [0.2, 0.25) is 5.78 Å². The summed E-state index contributed by atoms with van der Waals surface area (Å²) < 4.78 is 5.70. The number of ether oxygens (including phenoxy) is 1. The summed E-state index contributed by atoms with van der Waals surface area (Å²) in [6.45, 7) is 0. The van der Waals surface area contributed by atoms with E-state index in [1.165, 1.54) is 48.5 Å². The summed E-state index contributed by atoms with van der Waals surface area (Å²) in [4.78, 5) is 38.5. The Morgan fingerprint density at radius 2 is 1.41 bits per heavy atom. The van der Waals surface area contributed by atoms with Crippen molar-refractivity contribution >= 4 is 17.7 Å². The average Bonchev–Trinajstić information content (AvgIpc) is 3.09. The molecule has 4 rings (SSSR count). The number of benzene rings is 3. The Hall–Kier alpha value is -4.53. The Bertz CT molecular complexity index is 1300. The molecule has 2 atom stereocenters. The van der Waals surface area contributed by atoms with Crippen molar-refractivity contribution in [1.82, 2.24) is 5.32 Å². The molecule has 0 aromatic heterocycles. The smallest absolute Gasteiger partial charge is 0.338 e. The van der Waals surface area contributed by atoms with Crippen molar-refractivity contribution < 1.29 is 39.5 Å². The lowest BCUT2D eigenvalue weighted by Gasteiger charge is -2.26. The van der Waals surface area contributed by atoms with Crippen molar-refractivity contribution in [2.75, 3.05) is 0 Å². The Morgan fingerprint density at radius 1 is 0.757 bits per heavy atom. The van der Waals surface area contributed by atoms with Crippen LogP contribution in [-0.4, -0.2) is 50.2 Å². The Morgan fingerprint density at radius 3 is 2.08 bits per heavy atom. The number of nitrogens with one attached hydrogen (secondary N) is 1. The maximum Gasteiger partial charge on any atom is 0.338 e. The molecule has 0 spiro atoms. The first kappa shape index (κ1) is 25.6. The third-order valence-corrected chi connectivity index (χ3v) is 6.37. The Labute approximate surface area is 213 Å². The first-order chi connectivity index (χ1) is 17.7. The van der Waals surface area contributed by atoms with Gasteiger partial charge in [-0.05, 0) is 67.8 Å². The molecule has 9 nitrogen and oxygen atoms in total. The Balaban J connectivity index is 1.51. The van der Waals surface area contributed by atoms with Gasteiger partial charge in [0.25, 0.3) is 5.91 Å². The minimum atomic E-state index is -0.831. The van der Waals surface area contributed by atoms with Gasteiger partial charge >= 0.3 is 5.97 Å². The summed E-state index contributed by atoms with van der Waals surface area (Å²) in [5.74, 6) is -3.57. The lowest BCUT2D eigenvalue weighted by Crippen LogP contribution is -2.44. The number of ketones is 1. The molecule has 5 N–H and O–H groups in total. The number of amides is 1. The summed E-state index contributed by atoms with van der Waals surface area (Å²) in [6.07, 6.45) is 2.97. The zero-order valence-corrected chi connectivity index (χ0v) is 19.9. The highest BCUT2D eigenvalue weighted by molar-refractivity contribution is 6.14. The van der Waals surface area contributed by atoms with Crippen molar-refractivity contribution in [2.24, 2.45) is 0 Å². The molecule has 0 radical (unpaired) electrons. The minimum absolute atomic E-state index is 0.0395. The van der Waals surface area contributed by atoms with Crippen LogP contribution in [0.5, 0.6) is 23.0 Å². The molecule has 1 aliphatic carbocycles. The van der Waals surface area contributed by atoms with Gasteiger partial charge in [0.1, 0.15) is 34.7 Å². The number of aromatic hydroxyl groups is 4. The SMILES string of the molecule is O=C(NC1CCCCCC1OC(=O)c1cc(O)c(C(=O)c2ccccc2O)c(O)c1)c1ccc(O)cc1. The van der Waals surface area contributed by atoms with E-state index in [9.17, 15) is 34.8 Å². The molecular formula is C28H27NO8. The molecule has 9 heteroatoms. The molecule has 192 valence electrons. The van der Waals surface area contributed by atoms with Crippen LogP contribution in [-0.2, 0) is 4.74 Å². The zero-order chi connectivity index (χ0) is 26.5. The van der Waals surface area contributed by atoms with Crippen molar-refractivity contribution in [3.8, 4) is 23.0 Å². The predicted molar refractivity (Wildman–Crippen MR) is 133 cm³/mol. The molecule has 0 bridgehead atoms. The fraction of sp³-hybridized carbons (Fsp3) is 0.250. The van der Waals surface area contributed by atoms with Crippen LogP contribution >= 0.6 is 0 Å². The van der Waals surface area contributed by atoms with Crippen LogP contribution in [0.2, 0.25) is 0 Å². The first-order valence-corrected chi connectivity index (χ1v) is 11.9. The second-order valence-corrected chi connectivity index (χ2v) is 8.94. The zero-order valence-electron chi connectivity index (χ0n) is 19.9. The fourth-order valence-electron chi connectivity index (χ4n) is 4.41. The molecular weight excluding hydrogens is 478 g/mol. The number of phenolic OH excluding ortho intramolecular Hbond substituents is 4. The molecule has 37 heavy (non-hydrogen) atoms. The standard InChI is InChI=1S/C28H27NO8/c30-18-12-10-16(11-13-18)27(35)29-20-7-2-1-3-9-24(20)37-28(36)17-14-22(32)25(23(33)15-17)26(34)19-6-4-5-8-21(19)31/h4-6,8,10-15,20,24,30-33H,1-3,7,9H2,(H,29,35). The van der Waals surface area contributed by atoms with Gasteiger partial charge < -0.3 is 30.5 Å². The van der Waals surface area contributed by atoms with Gasteiger partial charge in [-0.3, -0.25) is 9.59 Å². The largest absolute Gasteiger partial charge is 0.508 e. The predicted octanol–water partition coefficient (Wildman–Crippen LogP) is 4.03. The van der Waals surface area contributed by atoms with E-state index < -0.39 is 41.0 Å². The van der Waals surface area contributed by atoms with E-state index in [2.05, 4.69) is 5.32 Å². The number of hydrogen-bond donors (Lipinski definition) is 5. The maximum absolute atomic E-state index is 13.0. The summed E-state index contributed by atoms with van der Waals surface area (Å²) in [6, 6.07) is 13.1. The van der Waals surface area contributed by atoms with E-state index in [1.807, 2.05) is 0 Å². The van der Waals surface area contributed by atoms with Crippen LogP contribution in [0.1, 0.15) is 68.7 Å². The molecule has 1 fully saturated rings. The first-order valence-electron chi connectivity index (χ1n) is 11.9. The molecule has 3 aromatic carbocycles. The molecule has 2 unspecified atom stereocenters. The van der Waals surface area contributed by atoms with Crippen LogP contribution in [0.3, 0.4) is 0 Å². The lowest BCUT2D eigenvalue weighted by molar-refractivity contribution is 0.0178. The normalized spacial score (nSPS) is 17.4. The number of esters is 1. The van der Waals surface area contributed by atoms with Gasteiger partial charge in [-0.15, -0.1) is 0 Å². The molecule has 3 aromatic rings. The van der Waals surface area contributed by atoms with Crippen molar-refractivity contribution in [1.29, 1.82) is 0 Å². The Kier molecular flexibility index (Phi) is 7.62. The van der Waals surface area contributed by atoms with E-state index in [4.69, 9.17) is 4.74 Å². The van der Waals surface area contributed by atoms with Crippen LogP contribution in [0, 0.1) is 0 Å². The molecule has 0 heterocycles. The van der Waals surface area contributed by atoms with Gasteiger partial charge in [-0.2, -0.15) is 0 Å². The van der Waals surface area contributed by atoms with Crippen LogP contribution < -0.4 is 5.32 Å². The van der Waals surface area contributed by atoms with Gasteiger partial charge in [-0.25, -0.2) is 4.79 Å². The number of rotatable bonds is 6. The van der Waals surface area contributed by atoms with Gasteiger partial charge in [-0.1, -0.05) is 25.0 Å². The summed E-state index contributed by atoms with van der Waals surface area (Å²) in [5.41, 5.74) is -0.385. The third-order valence-electron chi connectivity index (χ3n) is 6.37. The monoisotopic (exact) mass is 505 g/mol. The summed E-state index contributed by atoms with van der Waals surface area (Å²) in [5, 5.41) is 43.2. The van der Waals surface area contributed by atoms with Crippen LogP contribution in [0.25, 0.3) is 0 Å². The van der Waals surface area contributed by atoms with Gasteiger partial charge in [0.15, 0.2) is 0 Å². The van der Waals surface area contributed by atoms with E-state index in [0.29, 0.717) is 18.4 Å². The van der Waals surface area contributed by atoms with Crippen LogP contribution in [0.15, 0.2) is 60.7 Å². The number of phenols is 4. The van der Waals surface area contributed by atoms with E-state index >= 15 is 0 Å². The highest BCUT2D eigenvalue weighted by Gasteiger charge is 2.30. The van der Waals surface area contributed by atoms with Gasteiger partial charge in [0.05, 0.1) is 17.2 Å². The fourth-order valence-corrected chi connectivity index (χ4v) is 4.41. The quantitative estimate of drug-likeness (QED) is 0.191. The molecule has 1 saturated carbocycles. The maximum atomic E-state index is 13.0. The number of carbonyl (C=O) groups excluding carboxylic acids is 3. The number of carbonyl (C=O) groups is 3.